The molecule has 0 aliphatic heterocycles. The fourth-order valence-corrected chi connectivity index (χ4v) is 2.03. The van der Waals surface area contributed by atoms with E-state index >= 15 is 0 Å². The van der Waals surface area contributed by atoms with Gasteiger partial charge in [-0.3, -0.25) is 9.59 Å². The topological polar surface area (TPSA) is 71.2 Å². The summed E-state index contributed by atoms with van der Waals surface area (Å²) < 4.78 is 4.70. The molecule has 0 saturated carbocycles. The molecule has 0 spiro atoms. The summed E-state index contributed by atoms with van der Waals surface area (Å²) in [5.41, 5.74) is 2.24. The minimum absolute atomic E-state index is 0.185. The van der Waals surface area contributed by atoms with Gasteiger partial charge in [-0.1, -0.05) is 19.1 Å². The Kier molecular flexibility index (Phi) is 4.77. The number of benzene rings is 1. The first-order valence-corrected chi connectivity index (χ1v) is 6.71. The molecule has 110 valence electrons. The van der Waals surface area contributed by atoms with Crippen LogP contribution < -0.4 is 5.32 Å². The predicted molar refractivity (Wildman–Crippen MR) is 80.1 cm³/mol. The van der Waals surface area contributed by atoms with Crippen molar-refractivity contribution in [2.75, 3.05) is 12.4 Å². The van der Waals surface area contributed by atoms with Gasteiger partial charge in [0.2, 0.25) is 0 Å². The second-order valence-corrected chi connectivity index (χ2v) is 4.86. The molecule has 21 heavy (non-hydrogen) atoms. The Balaban J connectivity index is 1.96. The van der Waals surface area contributed by atoms with Gasteiger partial charge in [-0.05, 0) is 36.2 Å². The second-order valence-electron chi connectivity index (χ2n) is 4.86. The van der Waals surface area contributed by atoms with E-state index in [1.54, 1.807) is 18.3 Å². The summed E-state index contributed by atoms with van der Waals surface area (Å²) in [7, 11) is 1.39. The Labute approximate surface area is 123 Å². The van der Waals surface area contributed by atoms with Gasteiger partial charge in [0.15, 0.2) is 0 Å². The number of anilines is 1. The van der Waals surface area contributed by atoms with Crippen LogP contribution in [0.5, 0.6) is 0 Å². The number of rotatable bonds is 5. The van der Waals surface area contributed by atoms with E-state index in [9.17, 15) is 9.59 Å². The number of amides is 1. The molecule has 2 aromatic rings. The van der Waals surface area contributed by atoms with Crippen LogP contribution in [-0.2, 0) is 16.0 Å². The normalized spacial score (nSPS) is 11.7. The summed E-state index contributed by atoms with van der Waals surface area (Å²) >= 11 is 0. The lowest BCUT2D eigenvalue weighted by Gasteiger charge is -2.10. The van der Waals surface area contributed by atoms with Crippen molar-refractivity contribution in [1.82, 2.24) is 4.98 Å². The van der Waals surface area contributed by atoms with E-state index in [1.165, 1.54) is 7.11 Å². The van der Waals surface area contributed by atoms with Crippen LogP contribution in [0.25, 0.3) is 0 Å². The van der Waals surface area contributed by atoms with Gasteiger partial charge < -0.3 is 15.0 Å². The van der Waals surface area contributed by atoms with E-state index < -0.39 is 0 Å². The molecule has 0 saturated heterocycles. The third-order valence-electron chi connectivity index (χ3n) is 3.20. The Morgan fingerprint density at radius 2 is 1.95 bits per heavy atom. The van der Waals surface area contributed by atoms with Crippen LogP contribution >= 0.6 is 0 Å². The standard InChI is InChI=1S/C16H18N2O3/c1-11(16(20)21-2)10-12-5-7-13(8-6-12)18-15(19)14-4-3-9-17-14/h3-9,11,17H,10H2,1-2H3,(H,18,19)/t11-/m1/s1. The van der Waals surface area contributed by atoms with Crippen molar-refractivity contribution in [3.8, 4) is 0 Å². The highest BCUT2D eigenvalue weighted by Crippen LogP contribution is 2.14. The lowest BCUT2D eigenvalue weighted by Crippen LogP contribution is -2.15. The van der Waals surface area contributed by atoms with Gasteiger partial charge in [-0.25, -0.2) is 0 Å². The van der Waals surface area contributed by atoms with Crippen molar-refractivity contribution in [3.05, 3.63) is 53.9 Å². The molecule has 5 heteroatoms. The van der Waals surface area contributed by atoms with Crippen molar-refractivity contribution in [2.24, 2.45) is 5.92 Å². The molecular formula is C16H18N2O3. The average Bonchev–Trinajstić information content (AvgIpc) is 3.02. The van der Waals surface area contributed by atoms with Gasteiger partial charge in [-0.15, -0.1) is 0 Å². The monoisotopic (exact) mass is 286 g/mol. The number of aromatic nitrogens is 1. The van der Waals surface area contributed by atoms with E-state index in [2.05, 4.69) is 10.3 Å². The SMILES string of the molecule is COC(=O)[C@H](C)Cc1ccc(NC(=O)c2ccc[nH]2)cc1. The lowest BCUT2D eigenvalue weighted by molar-refractivity contribution is -0.144. The molecule has 0 radical (unpaired) electrons. The van der Waals surface area contributed by atoms with E-state index in [0.717, 1.165) is 5.56 Å². The molecule has 0 aliphatic carbocycles. The summed E-state index contributed by atoms with van der Waals surface area (Å²) in [6.45, 7) is 1.83. The maximum Gasteiger partial charge on any atom is 0.308 e. The van der Waals surface area contributed by atoms with Crippen LogP contribution in [0, 0.1) is 5.92 Å². The minimum atomic E-state index is -0.223. The van der Waals surface area contributed by atoms with Gasteiger partial charge in [0.1, 0.15) is 5.69 Å². The van der Waals surface area contributed by atoms with Gasteiger partial charge in [-0.2, -0.15) is 0 Å². The van der Waals surface area contributed by atoms with Crippen molar-refractivity contribution in [3.63, 3.8) is 0 Å². The summed E-state index contributed by atoms with van der Waals surface area (Å²) in [6, 6.07) is 10.9. The van der Waals surface area contributed by atoms with E-state index in [-0.39, 0.29) is 17.8 Å². The third-order valence-corrected chi connectivity index (χ3v) is 3.20. The fourth-order valence-electron chi connectivity index (χ4n) is 2.03. The van der Waals surface area contributed by atoms with Crippen LogP contribution in [0.4, 0.5) is 5.69 Å². The number of carbonyl (C=O) groups excluding carboxylic acids is 2. The van der Waals surface area contributed by atoms with Crippen LogP contribution in [0.15, 0.2) is 42.6 Å². The van der Waals surface area contributed by atoms with E-state index in [0.29, 0.717) is 17.8 Å². The number of carbonyl (C=O) groups is 2. The van der Waals surface area contributed by atoms with E-state index in [1.807, 2.05) is 31.2 Å². The quantitative estimate of drug-likeness (QED) is 0.830. The molecule has 5 nitrogen and oxygen atoms in total. The summed E-state index contributed by atoms with van der Waals surface area (Å²) in [6.07, 6.45) is 2.31. The molecule has 0 bridgehead atoms. The number of H-pyrrole nitrogens is 1. The van der Waals surface area contributed by atoms with Crippen molar-refractivity contribution in [2.45, 2.75) is 13.3 Å². The smallest absolute Gasteiger partial charge is 0.308 e. The van der Waals surface area contributed by atoms with Gasteiger partial charge in [0.25, 0.3) is 5.91 Å². The number of methoxy groups -OCH3 is 1. The zero-order valence-corrected chi connectivity index (χ0v) is 12.1. The third kappa shape index (κ3) is 3.95. The Hall–Kier alpha value is -2.56. The molecule has 1 heterocycles. The Bertz CT molecular complexity index is 603. The summed E-state index contributed by atoms with van der Waals surface area (Å²) in [4.78, 5) is 26.1. The first-order chi connectivity index (χ1) is 10.1. The Morgan fingerprint density at radius 1 is 1.24 bits per heavy atom. The zero-order valence-electron chi connectivity index (χ0n) is 12.1. The molecule has 0 unspecified atom stereocenters. The molecule has 1 atom stereocenters. The number of esters is 1. The molecule has 0 aliphatic rings. The lowest BCUT2D eigenvalue weighted by atomic mass is 10.0. The highest BCUT2D eigenvalue weighted by Gasteiger charge is 2.13. The van der Waals surface area contributed by atoms with Crippen LogP contribution in [-0.4, -0.2) is 24.0 Å². The van der Waals surface area contributed by atoms with E-state index in [4.69, 9.17) is 4.74 Å². The Morgan fingerprint density at radius 3 is 2.52 bits per heavy atom. The van der Waals surface area contributed by atoms with Gasteiger partial charge in [0.05, 0.1) is 13.0 Å². The van der Waals surface area contributed by atoms with Gasteiger partial charge in [0, 0.05) is 11.9 Å². The largest absolute Gasteiger partial charge is 0.469 e. The number of nitrogens with one attached hydrogen (secondary N) is 2. The molecule has 1 aromatic carbocycles. The highest BCUT2D eigenvalue weighted by atomic mass is 16.5. The molecular weight excluding hydrogens is 268 g/mol. The number of ether oxygens (including phenoxy) is 1. The number of aromatic amines is 1. The molecule has 0 fully saturated rings. The number of hydrogen-bond donors (Lipinski definition) is 2. The summed E-state index contributed by atoms with van der Waals surface area (Å²) in [5, 5.41) is 2.80. The second kappa shape index (κ2) is 6.74. The molecule has 2 N–H and O–H groups in total. The predicted octanol–water partition coefficient (Wildman–Crippen LogP) is 2.62. The molecule has 2 rings (SSSR count). The van der Waals surface area contributed by atoms with Crippen molar-refractivity contribution >= 4 is 17.6 Å². The number of hydrogen-bond acceptors (Lipinski definition) is 3. The van der Waals surface area contributed by atoms with Crippen LogP contribution in [0.1, 0.15) is 23.0 Å². The van der Waals surface area contributed by atoms with Crippen molar-refractivity contribution < 1.29 is 14.3 Å². The molecule has 1 amide bonds. The summed E-state index contributed by atoms with van der Waals surface area (Å²) in [5.74, 6) is -0.593. The van der Waals surface area contributed by atoms with Crippen LogP contribution in [0.2, 0.25) is 0 Å². The van der Waals surface area contributed by atoms with Gasteiger partial charge >= 0.3 is 5.97 Å². The fraction of sp³-hybridized carbons (Fsp3) is 0.250. The maximum atomic E-state index is 11.9. The molecule has 1 aromatic heterocycles. The van der Waals surface area contributed by atoms with Crippen molar-refractivity contribution in [1.29, 1.82) is 0 Å². The highest BCUT2D eigenvalue weighted by molar-refractivity contribution is 6.02. The average molecular weight is 286 g/mol. The first kappa shape index (κ1) is 14.8. The minimum Gasteiger partial charge on any atom is -0.469 e. The maximum absolute atomic E-state index is 11.9. The zero-order chi connectivity index (χ0) is 15.2. The van der Waals surface area contributed by atoms with Crippen LogP contribution in [0.3, 0.4) is 0 Å². The first-order valence-electron chi connectivity index (χ1n) is 6.71.